The average molecular weight is 347 g/mol. The summed E-state index contributed by atoms with van der Waals surface area (Å²) < 4.78 is 7.54. The molecule has 25 heavy (non-hydrogen) atoms. The molecule has 0 aliphatic carbocycles. The summed E-state index contributed by atoms with van der Waals surface area (Å²) in [6.07, 6.45) is -0.226. The fourth-order valence-electron chi connectivity index (χ4n) is 3.03. The lowest BCUT2D eigenvalue weighted by molar-refractivity contribution is -0.124. The van der Waals surface area contributed by atoms with Crippen LogP contribution in [0.2, 0.25) is 0 Å². The molecular weight excluding hydrogens is 322 g/mol. The van der Waals surface area contributed by atoms with Crippen molar-refractivity contribution in [3.05, 3.63) is 23.0 Å². The molecule has 2 atom stereocenters. The zero-order valence-electron chi connectivity index (χ0n) is 15.3. The van der Waals surface area contributed by atoms with Gasteiger partial charge in [0, 0.05) is 20.1 Å². The Kier molecular flexibility index (Phi) is 4.87. The lowest BCUT2D eigenvalue weighted by Gasteiger charge is -2.35. The maximum absolute atomic E-state index is 12.7. The number of aryl methyl sites for hydroxylation is 3. The van der Waals surface area contributed by atoms with Crippen LogP contribution in [0.4, 0.5) is 5.69 Å². The van der Waals surface area contributed by atoms with E-state index in [4.69, 9.17) is 4.74 Å². The Morgan fingerprint density at radius 2 is 2.16 bits per heavy atom. The highest BCUT2D eigenvalue weighted by atomic mass is 16.5. The molecule has 2 aromatic heterocycles. The molecule has 1 aliphatic heterocycles. The minimum Gasteiger partial charge on any atom is -0.367 e. The highest BCUT2D eigenvalue weighted by Crippen LogP contribution is 2.22. The number of ether oxygens (including phenoxy) is 1. The number of H-pyrrole nitrogens is 1. The van der Waals surface area contributed by atoms with Crippen LogP contribution in [0.5, 0.6) is 0 Å². The molecule has 0 saturated carbocycles. The number of hydrogen-bond acceptors (Lipinski definition) is 6. The standard InChI is InChI=1S/C16H25N7O2/c1-9-14(10(2)22(5)21-9)18-16(24)11(3)23-6-7-25-13(8-23)15-17-12(4)19-20-15/h11,13H,6-8H2,1-5H3,(H,18,24)(H,17,19,20). The van der Waals surface area contributed by atoms with Gasteiger partial charge in [0.2, 0.25) is 5.91 Å². The number of rotatable bonds is 4. The Balaban J connectivity index is 1.67. The highest BCUT2D eigenvalue weighted by Gasteiger charge is 2.31. The second-order valence-corrected chi connectivity index (χ2v) is 6.47. The summed E-state index contributed by atoms with van der Waals surface area (Å²) in [5.41, 5.74) is 2.54. The summed E-state index contributed by atoms with van der Waals surface area (Å²) in [5, 5.41) is 14.4. The summed E-state index contributed by atoms with van der Waals surface area (Å²) >= 11 is 0. The molecule has 1 amide bonds. The number of nitrogens with one attached hydrogen (secondary N) is 2. The summed E-state index contributed by atoms with van der Waals surface area (Å²) in [5.74, 6) is 1.34. The van der Waals surface area contributed by atoms with E-state index in [2.05, 4.69) is 30.5 Å². The van der Waals surface area contributed by atoms with Crippen molar-refractivity contribution in [1.29, 1.82) is 0 Å². The summed E-state index contributed by atoms with van der Waals surface area (Å²) in [6, 6.07) is -0.287. The molecule has 0 aromatic carbocycles. The molecule has 1 aliphatic rings. The van der Waals surface area contributed by atoms with Gasteiger partial charge in [-0.25, -0.2) is 4.98 Å². The molecule has 0 radical (unpaired) electrons. The maximum Gasteiger partial charge on any atom is 0.241 e. The van der Waals surface area contributed by atoms with E-state index in [-0.39, 0.29) is 18.1 Å². The number of carbonyl (C=O) groups excluding carboxylic acids is 1. The molecule has 2 unspecified atom stereocenters. The number of carbonyl (C=O) groups is 1. The Bertz CT molecular complexity index is 767. The molecular formula is C16H25N7O2. The number of aromatic amines is 1. The fourth-order valence-corrected chi connectivity index (χ4v) is 3.03. The first kappa shape index (κ1) is 17.6. The van der Waals surface area contributed by atoms with Crippen molar-refractivity contribution >= 4 is 11.6 Å². The predicted octanol–water partition coefficient (Wildman–Crippen LogP) is 0.864. The van der Waals surface area contributed by atoms with Crippen LogP contribution in [0, 0.1) is 20.8 Å². The van der Waals surface area contributed by atoms with Crippen LogP contribution in [-0.2, 0) is 16.6 Å². The summed E-state index contributed by atoms with van der Waals surface area (Å²) in [7, 11) is 1.87. The zero-order valence-corrected chi connectivity index (χ0v) is 15.3. The van der Waals surface area contributed by atoms with Gasteiger partial charge in [0.15, 0.2) is 5.82 Å². The second kappa shape index (κ2) is 6.93. The molecule has 9 heteroatoms. The first-order valence-electron chi connectivity index (χ1n) is 8.42. The Hall–Kier alpha value is -2.26. The topological polar surface area (TPSA) is 101 Å². The van der Waals surface area contributed by atoms with E-state index in [0.717, 1.165) is 22.9 Å². The van der Waals surface area contributed by atoms with Crippen molar-refractivity contribution in [2.24, 2.45) is 7.05 Å². The minimum atomic E-state index is -0.287. The van der Waals surface area contributed by atoms with E-state index >= 15 is 0 Å². The molecule has 1 fully saturated rings. The molecule has 2 N–H and O–H groups in total. The molecule has 3 heterocycles. The Labute approximate surface area is 146 Å². The van der Waals surface area contributed by atoms with Crippen molar-refractivity contribution in [2.75, 3.05) is 25.0 Å². The molecule has 136 valence electrons. The minimum absolute atomic E-state index is 0.0500. The third-order valence-electron chi connectivity index (χ3n) is 4.68. The number of morpholine rings is 1. The van der Waals surface area contributed by atoms with Crippen molar-refractivity contribution in [1.82, 2.24) is 29.9 Å². The molecule has 3 rings (SSSR count). The van der Waals surface area contributed by atoms with E-state index < -0.39 is 0 Å². The van der Waals surface area contributed by atoms with E-state index in [1.807, 2.05) is 34.7 Å². The number of aromatic nitrogens is 5. The fraction of sp³-hybridized carbons (Fsp3) is 0.625. The van der Waals surface area contributed by atoms with Gasteiger partial charge in [0.1, 0.15) is 11.9 Å². The van der Waals surface area contributed by atoms with Crippen molar-refractivity contribution in [3.63, 3.8) is 0 Å². The molecule has 9 nitrogen and oxygen atoms in total. The van der Waals surface area contributed by atoms with Gasteiger partial charge >= 0.3 is 0 Å². The van der Waals surface area contributed by atoms with Gasteiger partial charge in [-0.1, -0.05) is 0 Å². The number of nitrogens with zero attached hydrogens (tertiary/aromatic N) is 5. The quantitative estimate of drug-likeness (QED) is 0.851. The van der Waals surface area contributed by atoms with Crippen LogP contribution >= 0.6 is 0 Å². The normalized spacial score (nSPS) is 19.8. The lowest BCUT2D eigenvalue weighted by atomic mass is 10.2. The van der Waals surface area contributed by atoms with Crippen LogP contribution in [0.1, 0.15) is 36.1 Å². The predicted molar refractivity (Wildman–Crippen MR) is 92.2 cm³/mol. The monoisotopic (exact) mass is 347 g/mol. The third kappa shape index (κ3) is 3.57. The van der Waals surface area contributed by atoms with Gasteiger partial charge in [0.05, 0.1) is 29.7 Å². The lowest BCUT2D eigenvalue weighted by Crippen LogP contribution is -2.48. The van der Waals surface area contributed by atoms with Gasteiger partial charge in [-0.3, -0.25) is 19.5 Å². The van der Waals surface area contributed by atoms with E-state index in [1.54, 1.807) is 4.68 Å². The smallest absolute Gasteiger partial charge is 0.241 e. The van der Waals surface area contributed by atoms with Gasteiger partial charge in [-0.15, -0.1) is 0 Å². The Morgan fingerprint density at radius 3 is 2.76 bits per heavy atom. The zero-order chi connectivity index (χ0) is 18.1. The first-order valence-corrected chi connectivity index (χ1v) is 8.42. The van der Waals surface area contributed by atoms with Gasteiger partial charge in [-0.2, -0.15) is 10.2 Å². The van der Waals surface area contributed by atoms with Crippen molar-refractivity contribution in [2.45, 2.75) is 39.8 Å². The molecule has 1 saturated heterocycles. The number of hydrogen-bond donors (Lipinski definition) is 2. The number of anilines is 1. The van der Waals surface area contributed by atoms with Crippen LogP contribution in [0.25, 0.3) is 0 Å². The molecule has 2 aromatic rings. The SMILES string of the molecule is Cc1nc(C2CN(C(C)C(=O)Nc3c(C)nn(C)c3C)CCO2)n[nH]1. The first-order chi connectivity index (χ1) is 11.9. The van der Waals surface area contributed by atoms with Gasteiger partial charge in [0.25, 0.3) is 0 Å². The highest BCUT2D eigenvalue weighted by molar-refractivity contribution is 5.95. The van der Waals surface area contributed by atoms with Crippen LogP contribution in [0.3, 0.4) is 0 Å². The van der Waals surface area contributed by atoms with Crippen molar-refractivity contribution < 1.29 is 9.53 Å². The Morgan fingerprint density at radius 1 is 1.40 bits per heavy atom. The van der Waals surface area contributed by atoms with Gasteiger partial charge < -0.3 is 10.1 Å². The van der Waals surface area contributed by atoms with Crippen LogP contribution in [0.15, 0.2) is 0 Å². The van der Waals surface area contributed by atoms with Crippen LogP contribution < -0.4 is 5.32 Å². The second-order valence-electron chi connectivity index (χ2n) is 6.47. The van der Waals surface area contributed by atoms with E-state index in [0.29, 0.717) is 25.5 Å². The average Bonchev–Trinajstić information content (AvgIpc) is 3.13. The van der Waals surface area contributed by atoms with E-state index in [1.165, 1.54) is 0 Å². The van der Waals surface area contributed by atoms with Crippen molar-refractivity contribution in [3.8, 4) is 0 Å². The number of amides is 1. The largest absolute Gasteiger partial charge is 0.367 e. The summed E-state index contributed by atoms with van der Waals surface area (Å²) in [4.78, 5) is 19.1. The van der Waals surface area contributed by atoms with Crippen LogP contribution in [-0.4, -0.2) is 61.5 Å². The molecule has 0 spiro atoms. The van der Waals surface area contributed by atoms with Gasteiger partial charge in [-0.05, 0) is 27.7 Å². The third-order valence-corrected chi connectivity index (χ3v) is 4.68. The maximum atomic E-state index is 12.7. The van der Waals surface area contributed by atoms with E-state index in [9.17, 15) is 4.79 Å². The summed E-state index contributed by atoms with van der Waals surface area (Å²) in [6.45, 7) is 9.41. The molecule has 0 bridgehead atoms.